The normalized spacial score (nSPS) is 16.9. The SMILES string of the molecule is Cc1cc(C#N)ccc1S(=O)(=O)N1CCCC1. The molecule has 0 radical (unpaired) electrons. The van der Waals surface area contributed by atoms with Crippen molar-refractivity contribution in [3.8, 4) is 6.07 Å². The summed E-state index contributed by atoms with van der Waals surface area (Å²) in [5, 5.41) is 8.76. The zero-order chi connectivity index (χ0) is 12.5. The summed E-state index contributed by atoms with van der Waals surface area (Å²) >= 11 is 0. The Balaban J connectivity index is 2.43. The molecule has 0 unspecified atom stereocenters. The van der Waals surface area contributed by atoms with Crippen molar-refractivity contribution in [2.75, 3.05) is 13.1 Å². The first-order valence-corrected chi connectivity index (χ1v) is 7.00. The van der Waals surface area contributed by atoms with Gasteiger partial charge in [-0.1, -0.05) is 0 Å². The molecule has 1 heterocycles. The molecule has 0 aromatic heterocycles. The smallest absolute Gasteiger partial charge is 0.207 e. The molecule has 17 heavy (non-hydrogen) atoms. The largest absolute Gasteiger partial charge is 0.243 e. The number of rotatable bonds is 2. The quantitative estimate of drug-likeness (QED) is 0.801. The van der Waals surface area contributed by atoms with Gasteiger partial charge in [0.25, 0.3) is 0 Å². The van der Waals surface area contributed by atoms with E-state index in [4.69, 9.17) is 5.26 Å². The minimum absolute atomic E-state index is 0.318. The van der Waals surface area contributed by atoms with Crippen LogP contribution in [0.3, 0.4) is 0 Å². The van der Waals surface area contributed by atoms with Crippen LogP contribution in [0.2, 0.25) is 0 Å². The summed E-state index contributed by atoms with van der Waals surface area (Å²) in [6.45, 7) is 2.92. The van der Waals surface area contributed by atoms with Crippen LogP contribution >= 0.6 is 0 Å². The van der Waals surface area contributed by atoms with Crippen LogP contribution in [0.15, 0.2) is 23.1 Å². The standard InChI is InChI=1S/C12H14N2O2S/c1-10-8-11(9-13)4-5-12(10)17(15,16)14-6-2-3-7-14/h4-5,8H,2-3,6-7H2,1H3. The maximum atomic E-state index is 12.3. The van der Waals surface area contributed by atoms with E-state index in [0.717, 1.165) is 12.8 Å². The molecule has 0 saturated carbocycles. The highest BCUT2D eigenvalue weighted by Gasteiger charge is 2.28. The van der Waals surface area contributed by atoms with Crippen molar-refractivity contribution in [2.45, 2.75) is 24.7 Å². The van der Waals surface area contributed by atoms with Gasteiger partial charge in [-0.25, -0.2) is 8.42 Å². The fourth-order valence-electron chi connectivity index (χ4n) is 2.08. The monoisotopic (exact) mass is 250 g/mol. The van der Waals surface area contributed by atoms with Gasteiger partial charge < -0.3 is 0 Å². The first-order chi connectivity index (χ1) is 8.05. The molecular weight excluding hydrogens is 236 g/mol. The maximum Gasteiger partial charge on any atom is 0.243 e. The van der Waals surface area contributed by atoms with Crippen LogP contribution in [-0.2, 0) is 10.0 Å². The van der Waals surface area contributed by atoms with Gasteiger partial charge in [0.15, 0.2) is 0 Å². The summed E-state index contributed by atoms with van der Waals surface area (Å²) in [5.74, 6) is 0. The van der Waals surface area contributed by atoms with Gasteiger partial charge in [0.2, 0.25) is 10.0 Å². The van der Waals surface area contributed by atoms with Crippen LogP contribution in [0.1, 0.15) is 24.0 Å². The molecule has 4 nitrogen and oxygen atoms in total. The second-order valence-electron chi connectivity index (χ2n) is 4.20. The molecule has 0 N–H and O–H groups in total. The van der Waals surface area contributed by atoms with E-state index in [-0.39, 0.29) is 0 Å². The van der Waals surface area contributed by atoms with Gasteiger partial charge in [-0.3, -0.25) is 0 Å². The van der Waals surface area contributed by atoms with Gasteiger partial charge >= 0.3 is 0 Å². The molecule has 1 fully saturated rings. The van der Waals surface area contributed by atoms with Crippen LogP contribution in [0.4, 0.5) is 0 Å². The summed E-state index contributed by atoms with van der Waals surface area (Å²) in [5.41, 5.74) is 1.12. The number of hydrogen-bond acceptors (Lipinski definition) is 3. The lowest BCUT2D eigenvalue weighted by Crippen LogP contribution is -2.28. The van der Waals surface area contributed by atoms with E-state index >= 15 is 0 Å². The Labute approximate surface area is 102 Å². The van der Waals surface area contributed by atoms with E-state index in [1.165, 1.54) is 10.4 Å². The van der Waals surface area contributed by atoms with Crippen LogP contribution in [0, 0.1) is 18.3 Å². The Morgan fingerprint density at radius 2 is 1.94 bits per heavy atom. The predicted octanol–water partition coefficient (Wildman–Crippen LogP) is 1.65. The molecule has 90 valence electrons. The third kappa shape index (κ3) is 2.19. The number of hydrogen-bond donors (Lipinski definition) is 0. The molecule has 5 heteroatoms. The summed E-state index contributed by atoms with van der Waals surface area (Å²) < 4.78 is 26.1. The predicted molar refractivity (Wildman–Crippen MR) is 63.9 cm³/mol. The summed E-state index contributed by atoms with van der Waals surface area (Å²) in [4.78, 5) is 0.318. The molecule has 1 aliphatic heterocycles. The topological polar surface area (TPSA) is 61.2 Å². The Bertz CT molecular complexity index is 567. The fourth-order valence-corrected chi connectivity index (χ4v) is 3.80. The highest BCUT2D eigenvalue weighted by molar-refractivity contribution is 7.89. The van der Waals surface area contributed by atoms with Gasteiger partial charge in [-0.2, -0.15) is 9.57 Å². The van der Waals surface area contributed by atoms with Crippen LogP contribution in [0.25, 0.3) is 0 Å². The van der Waals surface area contributed by atoms with Crippen molar-refractivity contribution in [2.24, 2.45) is 0 Å². The Hall–Kier alpha value is -1.38. The van der Waals surface area contributed by atoms with Gasteiger partial charge in [-0.15, -0.1) is 0 Å². The van der Waals surface area contributed by atoms with Crippen molar-refractivity contribution in [1.29, 1.82) is 5.26 Å². The third-order valence-corrected chi connectivity index (χ3v) is 5.05. The molecule has 1 aliphatic rings. The molecule has 2 rings (SSSR count). The lowest BCUT2D eigenvalue weighted by molar-refractivity contribution is 0.477. The number of nitrogens with zero attached hydrogens (tertiary/aromatic N) is 2. The first kappa shape index (κ1) is 12.1. The average molecular weight is 250 g/mol. The van der Waals surface area contributed by atoms with Crippen LogP contribution in [0.5, 0.6) is 0 Å². The number of aryl methyl sites for hydroxylation is 1. The molecule has 0 atom stereocenters. The number of nitriles is 1. The second kappa shape index (κ2) is 4.47. The molecule has 0 bridgehead atoms. The van der Waals surface area contributed by atoms with E-state index in [1.54, 1.807) is 19.1 Å². The number of benzene rings is 1. The second-order valence-corrected chi connectivity index (χ2v) is 6.11. The zero-order valence-electron chi connectivity index (χ0n) is 9.68. The lowest BCUT2D eigenvalue weighted by Gasteiger charge is -2.17. The molecule has 0 aliphatic carbocycles. The van der Waals surface area contributed by atoms with Crippen molar-refractivity contribution in [1.82, 2.24) is 4.31 Å². The number of sulfonamides is 1. The summed E-state index contributed by atoms with van der Waals surface area (Å²) in [7, 11) is -3.37. The fraction of sp³-hybridized carbons (Fsp3) is 0.417. The third-order valence-electron chi connectivity index (χ3n) is 2.99. The van der Waals surface area contributed by atoms with Crippen molar-refractivity contribution in [3.63, 3.8) is 0 Å². The molecule has 1 saturated heterocycles. The Kier molecular flexibility index (Phi) is 3.18. The van der Waals surface area contributed by atoms with E-state index < -0.39 is 10.0 Å². The minimum Gasteiger partial charge on any atom is -0.207 e. The van der Waals surface area contributed by atoms with Crippen LogP contribution < -0.4 is 0 Å². The van der Waals surface area contributed by atoms with Gasteiger partial charge in [0.05, 0.1) is 16.5 Å². The summed E-state index contributed by atoms with van der Waals surface area (Å²) in [6.07, 6.45) is 1.85. The van der Waals surface area contributed by atoms with Gasteiger partial charge in [0.1, 0.15) is 0 Å². The van der Waals surface area contributed by atoms with E-state index in [2.05, 4.69) is 0 Å². The molecular formula is C12H14N2O2S. The molecule has 1 aromatic carbocycles. The highest BCUT2D eigenvalue weighted by Crippen LogP contribution is 2.24. The highest BCUT2D eigenvalue weighted by atomic mass is 32.2. The zero-order valence-corrected chi connectivity index (χ0v) is 10.5. The van der Waals surface area contributed by atoms with E-state index in [0.29, 0.717) is 29.1 Å². The molecule has 0 spiro atoms. The van der Waals surface area contributed by atoms with E-state index in [1.807, 2.05) is 6.07 Å². The summed E-state index contributed by atoms with van der Waals surface area (Å²) in [6, 6.07) is 6.70. The maximum absolute atomic E-state index is 12.3. The van der Waals surface area contributed by atoms with E-state index in [9.17, 15) is 8.42 Å². The Morgan fingerprint density at radius 1 is 1.29 bits per heavy atom. The van der Waals surface area contributed by atoms with Gasteiger partial charge in [0, 0.05) is 13.1 Å². The minimum atomic E-state index is -3.37. The van der Waals surface area contributed by atoms with Gasteiger partial charge in [-0.05, 0) is 43.5 Å². The van der Waals surface area contributed by atoms with Crippen LogP contribution in [-0.4, -0.2) is 25.8 Å². The molecule has 0 amide bonds. The average Bonchev–Trinajstić information content (AvgIpc) is 2.82. The first-order valence-electron chi connectivity index (χ1n) is 5.56. The Morgan fingerprint density at radius 3 is 2.47 bits per heavy atom. The van der Waals surface area contributed by atoms with Crippen molar-refractivity contribution < 1.29 is 8.42 Å². The van der Waals surface area contributed by atoms with Crippen molar-refractivity contribution in [3.05, 3.63) is 29.3 Å². The lowest BCUT2D eigenvalue weighted by atomic mass is 10.2. The molecule has 1 aromatic rings. The van der Waals surface area contributed by atoms with Crippen molar-refractivity contribution >= 4 is 10.0 Å².